The van der Waals surface area contributed by atoms with Gasteiger partial charge in [0.2, 0.25) is 0 Å². The summed E-state index contributed by atoms with van der Waals surface area (Å²) in [6, 6.07) is 15.3. The van der Waals surface area contributed by atoms with E-state index < -0.39 is 10.0 Å². The summed E-state index contributed by atoms with van der Waals surface area (Å²) in [7, 11) is -2.59. The van der Waals surface area contributed by atoms with Gasteiger partial charge in [0, 0.05) is 24.5 Å². The topological polar surface area (TPSA) is 91.1 Å². The second-order valence-corrected chi connectivity index (χ2v) is 9.31. The molecule has 164 valence electrons. The van der Waals surface area contributed by atoms with Gasteiger partial charge in [0.05, 0.1) is 23.0 Å². The molecule has 0 bridgehead atoms. The van der Waals surface area contributed by atoms with Crippen molar-refractivity contribution in [1.82, 2.24) is 13.9 Å². The predicted molar refractivity (Wildman–Crippen MR) is 122 cm³/mol. The highest BCUT2D eigenvalue weighted by Crippen LogP contribution is 2.28. The third-order valence-corrected chi connectivity index (χ3v) is 7.07. The predicted octanol–water partition coefficient (Wildman–Crippen LogP) is 4.48. The van der Waals surface area contributed by atoms with E-state index in [1.54, 1.807) is 54.9 Å². The second kappa shape index (κ2) is 9.10. The van der Waals surface area contributed by atoms with E-state index >= 15 is 0 Å². The summed E-state index contributed by atoms with van der Waals surface area (Å²) >= 11 is 6.02. The number of carbonyl (C=O) groups excluding carboxylic acids is 1. The van der Waals surface area contributed by atoms with Crippen molar-refractivity contribution in [2.45, 2.75) is 24.2 Å². The first-order valence-electron chi connectivity index (χ1n) is 9.90. The fourth-order valence-electron chi connectivity index (χ4n) is 3.52. The molecule has 0 atom stereocenters. The first-order valence-corrected chi connectivity index (χ1v) is 11.7. The largest absolute Gasteiger partial charge is 0.469 e. The van der Waals surface area contributed by atoms with Crippen molar-refractivity contribution in [3.63, 3.8) is 0 Å². The highest BCUT2D eigenvalue weighted by atomic mass is 35.5. The number of methoxy groups -OCH3 is 1. The van der Waals surface area contributed by atoms with Gasteiger partial charge >= 0.3 is 5.97 Å². The minimum absolute atomic E-state index is 0.145. The zero-order valence-electron chi connectivity index (χ0n) is 17.2. The second-order valence-electron chi connectivity index (χ2n) is 7.14. The van der Waals surface area contributed by atoms with Crippen LogP contribution in [0.15, 0.2) is 71.9 Å². The molecule has 0 unspecified atom stereocenters. The van der Waals surface area contributed by atoms with Crippen LogP contribution in [0.1, 0.15) is 18.5 Å². The number of fused-ring (bicyclic) bond motifs is 1. The molecule has 4 aromatic rings. The maximum Gasteiger partial charge on any atom is 0.305 e. The number of carbonyl (C=O) groups is 1. The van der Waals surface area contributed by atoms with Crippen LogP contribution in [0.5, 0.6) is 0 Å². The highest BCUT2D eigenvalue weighted by Gasteiger charge is 2.24. The molecule has 32 heavy (non-hydrogen) atoms. The number of hydrogen-bond acceptors (Lipinski definition) is 6. The van der Waals surface area contributed by atoms with Crippen LogP contribution in [-0.4, -0.2) is 35.4 Å². The first kappa shape index (κ1) is 22.0. The van der Waals surface area contributed by atoms with Crippen molar-refractivity contribution < 1.29 is 17.9 Å². The molecule has 4 rings (SSSR count). The monoisotopic (exact) mass is 469 g/mol. The summed E-state index contributed by atoms with van der Waals surface area (Å²) in [5.74, 6) is -0.345. The summed E-state index contributed by atoms with van der Waals surface area (Å²) in [5, 5.41) is 0.272. The fraction of sp³-hybridized carbons (Fsp3) is 0.174. The lowest BCUT2D eigenvalue weighted by Gasteiger charge is -2.12. The Bertz CT molecular complexity index is 1370. The van der Waals surface area contributed by atoms with E-state index in [-0.39, 0.29) is 22.4 Å². The number of halogens is 1. The van der Waals surface area contributed by atoms with E-state index in [0.29, 0.717) is 29.6 Å². The number of aromatic nitrogens is 3. The molecular formula is C23H20ClN3O4S. The van der Waals surface area contributed by atoms with Gasteiger partial charge in [-0.3, -0.25) is 9.78 Å². The third kappa shape index (κ3) is 4.37. The zero-order valence-corrected chi connectivity index (χ0v) is 18.8. The lowest BCUT2D eigenvalue weighted by molar-refractivity contribution is -0.140. The average Bonchev–Trinajstić information content (AvgIpc) is 3.17. The van der Waals surface area contributed by atoms with E-state index in [1.807, 2.05) is 12.1 Å². The molecule has 3 heterocycles. The molecule has 1 aromatic carbocycles. The molecule has 0 amide bonds. The average molecular weight is 470 g/mol. The van der Waals surface area contributed by atoms with E-state index in [0.717, 1.165) is 11.1 Å². The summed E-state index contributed by atoms with van der Waals surface area (Å²) in [6.07, 6.45) is 4.38. The number of esters is 1. The van der Waals surface area contributed by atoms with Crippen molar-refractivity contribution in [3.8, 4) is 11.1 Å². The molecule has 0 saturated heterocycles. The van der Waals surface area contributed by atoms with Crippen LogP contribution in [0.2, 0.25) is 5.15 Å². The molecule has 0 N–H and O–H groups in total. The standard InChI is InChI=1S/C23H20ClN3O4S/c1-31-23(28)6-2-5-18-14-20-21(11-12-22(24)26-20)27(18)32(29,30)19-9-7-16(8-10-19)17-4-3-13-25-15-17/h3-4,7-15H,2,5-6H2,1H3. The summed E-state index contributed by atoms with van der Waals surface area (Å²) in [6.45, 7) is 0. The Labute approximate surface area is 190 Å². The van der Waals surface area contributed by atoms with Gasteiger partial charge in [0.15, 0.2) is 0 Å². The maximum absolute atomic E-state index is 13.6. The summed E-state index contributed by atoms with van der Waals surface area (Å²) in [4.78, 5) is 20.0. The van der Waals surface area contributed by atoms with Gasteiger partial charge in [-0.05, 0) is 60.4 Å². The minimum Gasteiger partial charge on any atom is -0.469 e. The molecule has 0 saturated carbocycles. The van der Waals surface area contributed by atoms with Gasteiger partial charge in [0.25, 0.3) is 10.0 Å². The molecular weight excluding hydrogens is 450 g/mol. The molecule has 0 fully saturated rings. The van der Waals surface area contributed by atoms with Gasteiger partial charge in [-0.1, -0.05) is 29.8 Å². The van der Waals surface area contributed by atoms with E-state index in [9.17, 15) is 13.2 Å². The smallest absolute Gasteiger partial charge is 0.305 e. The summed E-state index contributed by atoms with van der Waals surface area (Å²) < 4.78 is 33.2. The molecule has 7 nitrogen and oxygen atoms in total. The van der Waals surface area contributed by atoms with Gasteiger partial charge < -0.3 is 4.74 Å². The molecule has 0 aliphatic rings. The first-order chi connectivity index (χ1) is 15.4. The Kier molecular flexibility index (Phi) is 6.25. The van der Waals surface area contributed by atoms with Gasteiger partial charge in [-0.25, -0.2) is 17.4 Å². The third-order valence-electron chi connectivity index (χ3n) is 5.08. The molecule has 0 radical (unpaired) electrons. The van der Waals surface area contributed by atoms with Crippen molar-refractivity contribution >= 4 is 38.6 Å². The van der Waals surface area contributed by atoms with Crippen molar-refractivity contribution in [1.29, 1.82) is 0 Å². The van der Waals surface area contributed by atoms with Crippen molar-refractivity contribution in [2.24, 2.45) is 0 Å². The van der Waals surface area contributed by atoms with E-state index in [4.69, 9.17) is 11.6 Å². The van der Waals surface area contributed by atoms with Gasteiger partial charge in [-0.15, -0.1) is 0 Å². The molecule has 3 aromatic heterocycles. The number of ether oxygens (including phenoxy) is 1. The SMILES string of the molecule is COC(=O)CCCc1cc2nc(Cl)ccc2n1S(=O)(=O)c1ccc(-c2cccnc2)cc1. The van der Waals surface area contributed by atoms with Crippen LogP contribution in [0.25, 0.3) is 22.2 Å². The lowest BCUT2D eigenvalue weighted by atomic mass is 10.1. The Morgan fingerprint density at radius 3 is 2.56 bits per heavy atom. The quantitative estimate of drug-likeness (QED) is 0.292. The fourth-order valence-corrected chi connectivity index (χ4v) is 5.23. The Balaban J connectivity index is 1.74. The van der Waals surface area contributed by atoms with Crippen LogP contribution >= 0.6 is 11.6 Å². The summed E-state index contributed by atoms with van der Waals surface area (Å²) in [5.41, 5.74) is 3.18. The number of hydrogen-bond donors (Lipinski definition) is 0. The lowest BCUT2D eigenvalue weighted by Crippen LogP contribution is -2.16. The minimum atomic E-state index is -3.92. The van der Waals surface area contributed by atoms with Gasteiger partial charge in [0.1, 0.15) is 5.15 Å². The molecule has 0 aliphatic heterocycles. The Morgan fingerprint density at radius 2 is 1.88 bits per heavy atom. The van der Waals surface area contributed by atoms with Crippen LogP contribution in [-0.2, 0) is 26.0 Å². The number of nitrogens with zero attached hydrogens (tertiary/aromatic N) is 3. The van der Waals surface area contributed by atoms with Crippen LogP contribution in [0.3, 0.4) is 0 Å². The number of rotatable bonds is 7. The number of pyridine rings is 2. The van der Waals surface area contributed by atoms with Crippen LogP contribution in [0, 0.1) is 0 Å². The normalized spacial score (nSPS) is 11.6. The van der Waals surface area contributed by atoms with E-state index in [1.165, 1.54) is 11.1 Å². The van der Waals surface area contributed by atoms with Crippen LogP contribution in [0.4, 0.5) is 0 Å². The molecule has 0 spiro atoms. The number of benzene rings is 1. The Morgan fingerprint density at radius 1 is 1.09 bits per heavy atom. The molecule has 0 aliphatic carbocycles. The molecule has 9 heteroatoms. The number of aryl methyl sites for hydroxylation is 1. The van der Waals surface area contributed by atoms with Crippen LogP contribution < -0.4 is 0 Å². The van der Waals surface area contributed by atoms with E-state index in [2.05, 4.69) is 14.7 Å². The van der Waals surface area contributed by atoms with Gasteiger partial charge in [-0.2, -0.15) is 0 Å². The zero-order chi connectivity index (χ0) is 22.7. The maximum atomic E-state index is 13.6. The Hall–Kier alpha value is -3.23. The highest BCUT2D eigenvalue weighted by molar-refractivity contribution is 7.90. The van der Waals surface area contributed by atoms with Crippen molar-refractivity contribution in [3.05, 3.63) is 77.8 Å². The van der Waals surface area contributed by atoms with Crippen molar-refractivity contribution in [2.75, 3.05) is 7.11 Å².